The van der Waals surface area contributed by atoms with Gasteiger partial charge in [-0.2, -0.15) is 0 Å². The third kappa shape index (κ3) is 4.52. The zero-order chi connectivity index (χ0) is 12.7. The molecule has 0 aliphatic carbocycles. The average Bonchev–Trinajstić information content (AvgIpc) is 2.81. The highest BCUT2D eigenvalue weighted by Gasteiger charge is 2.11. The van der Waals surface area contributed by atoms with E-state index in [0.29, 0.717) is 31.3 Å². The number of methoxy groups -OCH3 is 1. The van der Waals surface area contributed by atoms with Crippen LogP contribution in [0.1, 0.15) is 32.0 Å². The number of hydrogen-bond donors (Lipinski definition) is 0. The second-order valence-corrected chi connectivity index (χ2v) is 3.64. The maximum absolute atomic E-state index is 11.0. The molecule has 0 atom stereocenters. The molecule has 6 nitrogen and oxygen atoms in total. The van der Waals surface area contributed by atoms with Gasteiger partial charge in [-0.25, -0.2) is 0 Å². The van der Waals surface area contributed by atoms with Crippen LogP contribution in [0, 0.1) is 0 Å². The van der Waals surface area contributed by atoms with E-state index in [2.05, 4.69) is 19.8 Å². The van der Waals surface area contributed by atoms with Gasteiger partial charge in [0.15, 0.2) is 0 Å². The first-order valence-electron chi connectivity index (χ1n) is 5.80. The minimum absolute atomic E-state index is 0.205. The normalized spacial score (nSPS) is 10.8. The predicted octanol–water partition coefficient (Wildman–Crippen LogP) is 1.02. The molecule has 0 aliphatic heterocycles. The fourth-order valence-corrected chi connectivity index (χ4v) is 1.39. The van der Waals surface area contributed by atoms with Crippen molar-refractivity contribution < 1.29 is 13.9 Å². The van der Waals surface area contributed by atoms with Crippen molar-refractivity contribution in [3.05, 3.63) is 11.8 Å². The van der Waals surface area contributed by atoms with Crippen molar-refractivity contribution in [2.75, 3.05) is 20.2 Å². The number of aromatic nitrogens is 2. The van der Waals surface area contributed by atoms with E-state index in [0.717, 1.165) is 13.0 Å². The SMILES string of the molecule is CCc1nnc(CN(CC)CCC(=O)OC)o1. The van der Waals surface area contributed by atoms with E-state index in [9.17, 15) is 4.79 Å². The maximum atomic E-state index is 11.0. The van der Waals surface area contributed by atoms with Gasteiger partial charge in [-0.05, 0) is 6.54 Å². The summed E-state index contributed by atoms with van der Waals surface area (Å²) in [4.78, 5) is 13.1. The summed E-state index contributed by atoms with van der Waals surface area (Å²) in [5.74, 6) is 1.03. The molecule has 0 spiro atoms. The van der Waals surface area contributed by atoms with Crippen LogP contribution in [0.2, 0.25) is 0 Å². The number of ether oxygens (including phenoxy) is 1. The maximum Gasteiger partial charge on any atom is 0.306 e. The Morgan fingerprint density at radius 1 is 1.35 bits per heavy atom. The molecule has 17 heavy (non-hydrogen) atoms. The highest BCUT2D eigenvalue weighted by atomic mass is 16.5. The Kier molecular flexibility index (Phi) is 5.62. The summed E-state index contributed by atoms with van der Waals surface area (Å²) in [6.45, 7) is 6.01. The molecule has 0 aromatic carbocycles. The highest BCUT2D eigenvalue weighted by Crippen LogP contribution is 2.05. The summed E-state index contributed by atoms with van der Waals surface area (Å²) in [6.07, 6.45) is 1.11. The molecular weight excluding hydrogens is 222 g/mol. The number of rotatable bonds is 7. The number of aryl methyl sites for hydroxylation is 1. The van der Waals surface area contributed by atoms with Crippen molar-refractivity contribution in [1.29, 1.82) is 0 Å². The quantitative estimate of drug-likeness (QED) is 0.664. The van der Waals surface area contributed by atoms with E-state index < -0.39 is 0 Å². The lowest BCUT2D eigenvalue weighted by Crippen LogP contribution is -2.26. The Bertz CT molecular complexity index is 351. The minimum Gasteiger partial charge on any atom is -0.469 e. The van der Waals surface area contributed by atoms with Crippen molar-refractivity contribution in [1.82, 2.24) is 15.1 Å². The smallest absolute Gasteiger partial charge is 0.306 e. The standard InChI is InChI=1S/C11H19N3O3/c1-4-9-12-13-10(17-9)8-14(5-2)7-6-11(15)16-3/h4-8H2,1-3H3. The second-order valence-electron chi connectivity index (χ2n) is 3.64. The zero-order valence-electron chi connectivity index (χ0n) is 10.6. The molecule has 6 heteroatoms. The van der Waals surface area contributed by atoms with Gasteiger partial charge in [-0.15, -0.1) is 10.2 Å². The van der Waals surface area contributed by atoms with Crippen LogP contribution in [-0.4, -0.2) is 41.3 Å². The summed E-state index contributed by atoms with van der Waals surface area (Å²) < 4.78 is 10.0. The number of nitrogens with zero attached hydrogens (tertiary/aromatic N) is 3. The van der Waals surface area contributed by atoms with Crippen LogP contribution in [0.25, 0.3) is 0 Å². The summed E-state index contributed by atoms with van der Waals surface area (Å²) in [5.41, 5.74) is 0. The van der Waals surface area contributed by atoms with E-state index in [1.165, 1.54) is 7.11 Å². The summed E-state index contributed by atoms with van der Waals surface area (Å²) in [7, 11) is 1.39. The Labute approximate surface area is 101 Å². The molecule has 1 aromatic rings. The average molecular weight is 241 g/mol. The van der Waals surface area contributed by atoms with Crippen molar-refractivity contribution in [2.45, 2.75) is 33.2 Å². The summed E-state index contributed by atoms with van der Waals surface area (Å²) >= 11 is 0. The Hall–Kier alpha value is -1.43. The van der Waals surface area contributed by atoms with E-state index in [-0.39, 0.29) is 5.97 Å². The molecule has 0 saturated heterocycles. The third-order valence-electron chi connectivity index (χ3n) is 2.48. The molecule has 0 amide bonds. The van der Waals surface area contributed by atoms with Gasteiger partial charge in [0, 0.05) is 13.0 Å². The van der Waals surface area contributed by atoms with Crippen LogP contribution >= 0.6 is 0 Å². The molecule has 1 rings (SSSR count). The number of hydrogen-bond acceptors (Lipinski definition) is 6. The van der Waals surface area contributed by atoms with E-state index in [1.54, 1.807) is 0 Å². The van der Waals surface area contributed by atoms with Gasteiger partial charge in [-0.3, -0.25) is 9.69 Å². The van der Waals surface area contributed by atoms with Crippen molar-refractivity contribution in [3.63, 3.8) is 0 Å². The van der Waals surface area contributed by atoms with E-state index >= 15 is 0 Å². The lowest BCUT2D eigenvalue weighted by molar-refractivity contribution is -0.141. The molecule has 1 aromatic heterocycles. The second kappa shape index (κ2) is 7.01. The van der Waals surface area contributed by atoms with Crippen LogP contribution in [0.5, 0.6) is 0 Å². The number of esters is 1. The van der Waals surface area contributed by atoms with Gasteiger partial charge in [0.05, 0.1) is 20.1 Å². The number of carbonyl (C=O) groups is 1. The first-order chi connectivity index (χ1) is 8.19. The largest absolute Gasteiger partial charge is 0.469 e. The molecule has 0 unspecified atom stereocenters. The van der Waals surface area contributed by atoms with Gasteiger partial charge in [-0.1, -0.05) is 13.8 Å². The molecule has 96 valence electrons. The zero-order valence-corrected chi connectivity index (χ0v) is 10.6. The van der Waals surface area contributed by atoms with Crippen LogP contribution in [0.4, 0.5) is 0 Å². The van der Waals surface area contributed by atoms with Gasteiger partial charge in [0.25, 0.3) is 0 Å². The van der Waals surface area contributed by atoms with E-state index in [4.69, 9.17) is 4.42 Å². The molecule has 0 N–H and O–H groups in total. The molecule has 0 aliphatic rings. The van der Waals surface area contributed by atoms with Crippen LogP contribution in [0.15, 0.2) is 4.42 Å². The molecule has 0 fully saturated rings. The van der Waals surface area contributed by atoms with Gasteiger partial charge < -0.3 is 9.15 Å². The van der Waals surface area contributed by atoms with Crippen molar-refractivity contribution >= 4 is 5.97 Å². The fourth-order valence-electron chi connectivity index (χ4n) is 1.39. The van der Waals surface area contributed by atoms with Gasteiger partial charge in [0.1, 0.15) is 0 Å². The van der Waals surface area contributed by atoms with Crippen LogP contribution in [0.3, 0.4) is 0 Å². The molecule has 0 radical (unpaired) electrons. The predicted molar refractivity (Wildman–Crippen MR) is 61.3 cm³/mol. The van der Waals surface area contributed by atoms with Crippen LogP contribution in [-0.2, 0) is 22.5 Å². The third-order valence-corrected chi connectivity index (χ3v) is 2.48. The first-order valence-corrected chi connectivity index (χ1v) is 5.80. The monoisotopic (exact) mass is 241 g/mol. The molecule has 1 heterocycles. The Morgan fingerprint density at radius 3 is 2.59 bits per heavy atom. The van der Waals surface area contributed by atoms with E-state index in [1.807, 2.05) is 13.8 Å². The lowest BCUT2D eigenvalue weighted by atomic mass is 10.3. The lowest BCUT2D eigenvalue weighted by Gasteiger charge is -2.17. The van der Waals surface area contributed by atoms with Gasteiger partial charge >= 0.3 is 5.97 Å². The Morgan fingerprint density at radius 2 is 2.06 bits per heavy atom. The van der Waals surface area contributed by atoms with Gasteiger partial charge in [0.2, 0.25) is 11.8 Å². The molecular formula is C11H19N3O3. The fraction of sp³-hybridized carbons (Fsp3) is 0.727. The first kappa shape index (κ1) is 13.6. The minimum atomic E-state index is -0.205. The summed E-state index contributed by atoms with van der Waals surface area (Å²) in [5, 5.41) is 7.85. The molecule has 0 saturated carbocycles. The Balaban J connectivity index is 2.43. The number of carbonyl (C=O) groups excluding carboxylic acids is 1. The van der Waals surface area contributed by atoms with Crippen LogP contribution < -0.4 is 0 Å². The van der Waals surface area contributed by atoms with Crippen molar-refractivity contribution in [2.24, 2.45) is 0 Å². The summed E-state index contributed by atoms with van der Waals surface area (Å²) in [6, 6.07) is 0. The molecule has 0 bridgehead atoms. The highest BCUT2D eigenvalue weighted by molar-refractivity contribution is 5.69. The van der Waals surface area contributed by atoms with Crippen molar-refractivity contribution in [3.8, 4) is 0 Å². The topological polar surface area (TPSA) is 68.5 Å².